The summed E-state index contributed by atoms with van der Waals surface area (Å²) in [7, 11) is 1.36. The molecule has 1 aromatic carbocycles. The maximum Gasteiger partial charge on any atom is 0.328 e. The maximum absolute atomic E-state index is 12.5. The number of carbonyl (C=O) groups excluding carboxylic acids is 2. The number of methoxy groups -OCH3 is 1. The van der Waals surface area contributed by atoms with Gasteiger partial charge in [-0.05, 0) is 57.4 Å². The van der Waals surface area contributed by atoms with E-state index in [0.29, 0.717) is 11.3 Å². The van der Waals surface area contributed by atoms with Crippen molar-refractivity contribution in [1.82, 2.24) is 10.2 Å². The first-order valence-corrected chi connectivity index (χ1v) is 9.40. The van der Waals surface area contributed by atoms with Gasteiger partial charge in [0.1, 0.15) is 5.75 Å². The summed E-state index contributed by atoms with van der Waals surface area (Å²) in [6.07, 6.45) is 3.13. The van der Waals surface area contributed by atoms with E-state index < -0.39 is 17.9 Å². The zero-order valence-corrected chi connectivity index (χ0v) is 16.5. The Labute approximate surface area is 164 Å². The summed E-state index contributed by atoms with van der Waals surface area (Å²) in [5, 5.41) is 11.5. The van der Waals surface area contributed by atoms with Crippen LogP contribution in [0.4, 0.5) is 0 Å². The lowest BCUT2D eigenvalue weighted by Gasteiger charge is -2.38. The second kappa shape index (κ2) is 10.1. The number of nitrogens with zero attached hydrogens (tertiary/aromatic N) is 1. The highest BCUT2D eigenvalue weighted by atomic mass is 16.5. The van der Waals surface area contributed by atoms with E-state index in [0.717, 1.165) is 19.3 Å². The van der Waals surface area contributed by atoms with Gasteiger partial charge in [0, 0.05) is 24.8 Å². The smallest absolute Gasteiger partial charge is 0.328 e. The highest BCUT2D eigenvalue weighted by Gasteiger charge is 2.29. The number of hydrogen-bond donors (Lipinski definition) is 2. The molecular formula is C20H28N2O6. The van der Waals surface area contributed by atoms with Gasteiger partial charge >= 0.3 is 5.97 Å². The van der Waals surface area contributed by atoms with Crippen LogP contribution in [0.3, 0.4) is 0 Å². The molecule has 28 heavy (non-hydrogen) atoms. The first kappa shape index (κ1) is 21.7. The second-order valence-corrected chi connectivity index (χ2v) is 7.06. The molecule has 2 rings (SSSR count). The van der Waals surface area contributed by atoms with E-state index in [1.807, 2.05) is 4.90 Å². The molecule has 2 N–H and O–H groups in total. The number of nitrogens with one attached hydrogen (secondary N) is 1. The van der Waals surface area contributed by atoms with Crippen LogP contribution in [0.1, 0.15) is 43.5 Å². The number of carbonyl (C=O) groups is 3. The van der Waals surface area contributed by atoms with Crippen molar-refractivity contribution in [2.24, 2.45) is 0 Å². The summed E-state index contributed by atoms with van der Waals surface area (Å²) in [5.74, 6) is -1.28. The van der Waals surface area contributed by atoms with Crippen LogP contribution < -0.4 is 10.1 Å². The van der Waals surface area contributed by atoms with Gasteiger partial charge in [0.2, 0.25) is 0 Å². The van der Waals surface area contributed by atoms with Gasteiger partial charge in [-0.15, -0.1) is 0 Å². The normalized spacial score (nSPS) is 20.3. The fourth-order valence-corrected chi connectivity index (χ4v) is 3.42. The molecule has 0 bridgehead atoms. The van der Waals surface area contributed by atoms with E-state index in [-0.39, 0.29) is 31.2 Å². The third-order valence-electron chi connectivity index (χ3n) is 4.90. The molecule has 0 saturated carbocycles. The molecule has 0 aromatic heterocycles. The maximum atomic E-state index is 12.5. The van der Waals surface area contributed by atoms with Crippen LogP contribution in [-0.4, -0.2) is 66.2 Å². The summed E-state index contributed by atoms with van der Waals surface area (Å²) >= 11 is 0. The van der Waals surface area contributed by atoms with Gasteiger partial charge in [0.05, 0.1) is 6.61 Å². The molecule has 1 aromatic rings. The predicted molar refractivity (Wildman–Crippen MR) is 102 cm³/mol. The Balaban J connectivity index is 1.90. The Morgan fingerprint density at radius 2 is 1.79 bits per heavy atom. The van der Waals surface area contributed by atoms with E-state index in [4.69, 9.17) is 14.6 Å². The van der Waals surface area contributed by atoms with Crippen LogP contribution in [0, 0.1) is 0 Å². The molecule has 0 aliphatic carbocycles. The van der Waals surface area contributed by atoms with Crippen molar-refractivity contribution >= 4 is 17.8 Å². The van der Waals surface area contributed by atoms with Crippen molar-refractivity contribution in [2.45, 2.75) is 51.2 Å². The van der Waals surface area contributed by atoms with Gasteiger partial charge in [-0.2, -0.15) is 0 Å². The van der Waals surface area contributed by atoms with Crippen LogP contribution >= 0.6 is 0 Å². The van der Waals surface area contributed by atoms with Gasteiger partial charge < -0.3 is 24.8 Å². The van der Waals surface area contributed by atoms with Crippen molar-refractivity contribution in [3.05, 3.63) is 29.8 Å². The second-order valence-electron chi connectivity index (χ2n) is 7.06. The number of benzene rings is 1. The molecular weight excluding hydrogens is 364 g/mol. The largest absolute Gasteiger partial charge is 0.484 e. The Bertz CT molecular complexity index is 680. The van der Waals surface area contributed by atoms with E-state index in [2.05, 4.69) is 19.2 Å². The van der Waals surface area contributed by atoms with E-state index in [1.54, 1.807) is 12.1 Å². The summed E-state index contributed by atoms with van der Waals surface area (Å²) in [4.78, 5) is 37.6. The molecule has 1 aliphatic heterocycles. The average Bonchev–Trinajstić information content (AvgIpc) is 2.66. The van der Waals surface area contributed by atoms with Crippen LogP contribution in [0.25, 0.3) is 0 Å². The molecule has 8 heteroatoms. The number of hydrogen-bond acceptors (Lipinski definition) is 5. The lowest BCUT2D eigenvalue weighted by atomic mass is 9.97. The Hall–Kier alpha value is -2.61. The minimum absolute atomic E-state index is 0.0506. The minimum Gasteiger partial charge on any atom is -0.484 e. The first-order chi connectivity index (χ1) is 13.3. The third kappa shape index (κ3) is 5.69. The highest BCUT2D eigenvalue weighted by molar-refractivity contribution is 5.96. The molecule has 1 aliphatic rings. The number of piperidine rings is 1. The van der Waals surface area contributed by atoms with Crippen LogP contribution in [-0.2, 0) is 14.3 Å². The lowest BCUT2D eigenvalue weighted by Crippen LogP contribution is -2.49. The van der Waals surface area contributed by atoms with E-state index >= 15 is 0 Å². The molecule has 8 nitrogen and oxygen atoms in total. The Morgan fingerprint density at radius 3 is 2.32 bits per heavy atom. The summed E-state index contributed by atoms with van der Waals surface area (Å²) < 4.78 is 10.4. The SMILES string of the molecule is COCC(NC(=O)c1ccc(OCC(=O)N2C(C)CCCC2C)cc1)C(=O)O. The lowest BCUT2D eigenvalue weighted by molar-refractivity contribution is -0.141. The minimum atomic E-state index is -1.17. The van der Waals surface area contributed by atoms with E-state index in [1.165, 1.54) is 19.2 Å². The molecule has 3 unspecified atom stereocenters. The molecule has 1 fully saturated rings. The van der Waals surface area contributed by atoms with Crippen LogP contribution in [0.2, 0.25) is 0 Å². The van der Waals surface area contributed by atoms with Crippen LogP contribution in [0.15, 0.2) is 24.3 Å². The quantitative estimate of drug-likeness (QED) is 0.697. The molecule has 154 valence electrons. The fourth-order valence-electron chi connectivity index (χ4n) is 3.42. The van der Waals surface area contributed by atoms with Crippen molar-refractivity contribution in [1.29, 1.82) is 0 Å². The molecule has 0 radical (unpaired) electrons. The van der Waals surface area contributed by atoms with Crippen LogP contribution in [0.5, 0.6) is 5.75 Å². The van der Waals surface area contributed by atoms with Crippen molar-refractivity contribution in [3.63, 3.8) is 0 Å². The predicted octanol–water partition coefficient (Wildman–Crippen LogP) is 1.68. The van der Waals surface area contributed by atoms with Gasteiger partial charge in [-0.25, -0.2) is 4.79 Å². The van der Waals surface area contributed by atoms with Gasteiger partial charge in [0.15, 0.2) is 12.6 Å². The summed E-state index contributed by atoms with van der Waals surface area (Å²) in [6.45, 7) is 3.91. The number of carboxylic acid groups (broad SMARTS) is 1. The highest BCUT2D eigenvalue weighted by Crippen LogP contribution is 2.23. The van der Waals surface area contributed by atoms with Gasteiger partial charge in [-0.3, -0.25) is 9.59 Å². The number of rotatable bonds is 8. The first-order valence-electron chi connectivity index (χ1n) is 9.40. The van der Waals surface area contributed by atoms with Gasteiger partial charge in [-0.1, -0.05) is 0 Å². The molecule has 2 amide bonds. The molecule has 0 spiro atoms. The number of ether oxygens (including phenoxy) is 2. The summed E-state index contributed by atoms with van der Waals surface area (Å²) in [6, 6.07) is 5.49. The molecule has 1 saturated heterocycles. The average molecular weight is 392 g/mol. The third-order valence-corrected chi connectivity index (χ3v) is 4.90. The molecule has 1 heterocycles. The van der Waals surface area contributed by atoms with E-state index in [9.17, 15) is 14.4 Å². The molecule has 3 atom stereocenters. The Morgan fingerprint density at radius 1 is 1.18 bits per heavy atom. The number of amides is 2. The number of carboxylic acids is 1. The zero-order chi connectivity index (χ0) is 20.7. The van der Waals surface area contributed by atoms with Crippen molar-refractivity contribution in [2.75, 3.05) is 20.3 Å². The standard InChI is InChI=1S/C20H28N2O6/c1-13-5-4-6-14(2)22(13)18(23)12-28-16-9-7-15(8-10-16)19(24)21-17(11-27-3)20(25)26/h7-10,13-14,17H,4-6,11-12H2,1-3H3,(H,21,24)(H,25,26). The topological polar surface area (TPSA) is 105 Å². The zero-order valence-electron chi connectivity index (χ0n) is 16.5. The van der Waals surface area contributed by atoms with Crippen molar-refractivity contribution in [3.8, 4) is 5.75 Å². The number of likely N-dealkylation sites (tertiary alicyclic amines) is 1. The summed E-state index contributed by atoms with van der Waals surface area (Å²) in [5.41, 5.74) is 0.291. The number of aliphatic carboxylic acids is 1. The Kier molecular flexibility index (Phi) is 7.80. The van der Waals surface area contributed by atoms with Crippen molar-refractivity contribution < 1.29 is 29.0 Å². The fraction of sp³-hybridized carbons (Fsp3) is 0.550. The monoisotopic (exact) mass is 392 g/mol. The van der Waals surface area contributed by atoms with Gasteiger partial charge in [0.25, 0.3) is 11.8 Å².